The Bertz CT molecular complexity index is 836. The monoisotopic (exact) mass is 342 g/mol. The number of rotatable bonds is 5. The molecule has 0 saturated carbocycles. The van der Waals surface area contributed by atoms with Gasteiger partial charge in [0.05, 0.1) is 23.3 Å². The van der Waals surface area contributed by atoms with Gasteiger partial charge in [0.15, 0.2) is 0 Å². The average molecular weight is 342 g/mol. The Morgan fingerprint density at radius 1 is 1.25 bits per heavy atom. The number of hydrogen-bond donors (Lipinski definition) is 1. The van der Waals surface area contributed by atoms with Crippen molar-refractivity contribution in [3.63, 3.8) is 0 Å². The summed E-state index contributed by atoms with van der Waals surface area (Å²) in [7, 11) is 0. The van der Waals surface area contributed by atoms with Gasteiger partial charge in [-0.05, 0) is 29.6 Å². The number of nitrogens with zero attached hydrogens (tertiary/aromatic N) is 5. The maximum Gasteiger partial charge on any atom is 0.221 e. The molecule has 8 heteroatoms. The van der Waals surface area contributed by atoms with Crippen molar-refractivity contribution in [2.24, 2.45) is 0 Å². The molecule has 2 aromatic heterocycles. The first-order valence-electron chi connectivity index (χ1n) is 7.62. The highest BCUT2D eigenvalue weighted by Crippen LogP contribution is 2.22. The van der Waals surface area contributed by atoms with E-state index in [1.807, 2.05) is 30.5 Å². The minimum atomic E-state index is -0.0900. The van der Waals surface area contributed by atoms with Gasteiger partial charge >= 0.3 is 0 Å². The predicted octanol–water partition coefficient (Wildman–Crippen LogP) is 2.93. The molecule has 0 fully saturated rings. The molecule has 0 bridgehead atoms. The number of carbonyl (C=O) groups excluding carboxylic acids is 1. The number of nitrogens with one attached hydrogen (secondary N) is 1. The van der Waals surface area contributed by atoms with Crippen molar-refractivity contribution >= 4 is 23.1 Å². The molecule has 0 aliphatic rings. The van der Waals surface area contributed by atoms with Crippen LogP contribution in [0.3, 0.4) is 0 Å². The van der Waals surface area contributed by atoms with E-state index in [4.69, 9.17) is 0 Å². The molecular weight excluding hydrogens is 324 g/mol. The van der Waals surface area contributed by atoms with Gasteiger partial charge in [-0.1, -0.05) is 35.7 Å². The zero-order valence-corrected chi connectivity index (χ0v) is 14.5. The van der Waals surface area contributed by atoms with E-state index in [-0.39, 0.29) is 5.91 Å². The molecule has 24 heavy (non-hydrogen) atoms. The van der Waals surface area contributed by atoms with Gasteiger partial charge in [0, 0.05) is 18.2 Å². The van der Waals surface area contributed by atoms with Crippen LogP contribution in [0.15, 0.2) is 30.5 Å². The average Bonchev–Trinajstić information content (AvgIpc) is 3.17. The van der Waals surface area contributed by atoms with Gasteiger partial charge in [0.1, 0.15) is 5.69 Å². The molecule has 0 aliphatic heterocycles. The molecule has 0 spiro atoms. The van der Waals surface area contributed by atoms with Crippen molar-refractivity contribution in [1.82, 2.24) is 24.6 Å². The number of carbonyl (C=O) groups is 1. The molecule has 0 radical (unpaired) electrons. The Labute approximate surface area is 143 Å². The first-order valence-corrected chi connectivity index (χ1v) is 8.39. The fourth-order valence-corrected chi connectivity index (χ4v) is 3.13. The Hall–Kier alpha value is -2.61. The normalized spacial score (nSPS) is 11.0. The topological polar surface area (TPSA) is 85.6 Å². The lowest BCUT2D eigenvalue weighted by Crippen LogP contribution is -2.05. The van der Waals surface area contributed by atoms with E-state index < -0.39 is 0 Å². The van der Waals surface area contributed by atoms with Crippen LogP contribution in [-0.4, -0.2) is 30.5 Å². The lowest BCUT2D eigenvalue weighted by Gasteiger charge is -2.03. The first kappa shape index (κ1) is 16.3. The van der Waals surface area contributed by atoms with E-state index in [1.54, 1.807) is 4.68 Å². The van der Waals surface area contributed by atoms with Crippen LogP contribution < -0.4 is 5.32 Å². The lowest BCUT2D eigenvalue weighted by atomic mass is 10.1. The quantitative estimate of drug-likeness (QED) is 0.770. The third kappa shape index (κ3) is 3.65. The zero-order valence-electron chi connectivity index (χ0n) is 13.7. The van der Waals surface area contributed by atoms with Crippen LogP contribution in [0, 0.1) is 0 Å². The molecule has 0 unspecified atom stereocenters. The summed E-state index contributed by atoms with van der Waals surface area (Å²) in [5.74, 6) is 0.246. The van der Waals surface area contributed by atoms with Crippen molar-refractivity contribution in [2.45, 2.75) is 33.2 Å². The van der Waals surface area contributed by atoms with Crippen molar-refractivity contribution in [1.29, 1.82) is 0 Å². The van der Waals surface area contributed by atoms with Crippen LogP contribution >= 0.6 is 11.5 Å². The molecule has 0 atom stereocenters. The molecule has 1 amide bonds. The van der Waals surface area contributed by atoms with E-state index >= 15 is 0 Å². The number of hydrogen-bond acceptors (Lipinski definition) is 6. The van der Waals surface area contributed by atoms with Crippen LogP contribution in [0.5, 0.6) is 0 Å². The molecule has 1 aromatic carbocycles. The van der Waals surface area contributed by atoms with E-state index in [0.29, 0.717) is 12.5 Å². The lowest BCUT2D eigenvalue weighted by molar-refractivity contribution is -0.114. The molecular formula is C16H18N6OS. The van der Waals surface area contributed by atoms with E-state index in [1.165, 1.54) is 18.5 Å². The summed E-state index contributed by atoms with van der Waals surface area (Å²) in [6.07, 6.45) is 1.90. The second-order valence-corrected chi connectivity index (χ2v) is 6.63. The van der Waals surface area contributed by atoms with Crippen LogP contribution in [0.4, 0.5) is 5.69 Å². The molecule has 0 aliphatic carbocycles. The summed E-state index contributed by atoms with van der Waals surface area (Å²) in [6.45, 7) is 6.30. The van der Waals surface area contributed by atoms with Crippen LogP contribution in [0.2, 0.25) is 0 Å². The predicted molar refractivity (Wildman–Crippen MR) is 92.9 cm³/mol. The molecule has 2 heterocycles. The van der Waals surface area contributed by atoms with Gasteiger partial charge < -0.3 is 5.32 Å². The number of amides is 1. The van der Waals surface area contributed by atoms with Crippen LogP contribution in [-0.2, 0) is 11.3 Å². The maximum atomic E-state index is 11.1. The van der Waals surface area contributed by atoms with E-state index in [2.05, 4.69) is 39.1 Å². The zero-order chi connectivity index (χ0) is 17.1. The minimum absolute atomic E-state index is 0.0900. The largest absolute Gasteiger partial charge is 0.326 e. The van der Waals surface area contributed by atoms with Gasteiger partial charge in [0.25, 0.3) is 0 Å². The summed E-state index contributed by atoms with van der Waals surface area (Å²) < 4.78 is 5.82. The van der Waals surface area contributed by atoms with Crippen molar-refractivity contribution in [3.8, 4) is 11.3 Å². The Morgan fingerprint density at radius 2 is 2.00 bits per heavy atom. The Kier molecular flexibility index (Phi) is 4.66. The van der Waals surface area contributed by atoms with E-state index in [0.717, 1.165) is 27.5 Å². The van der Waals surface area contributed by atoms with Crippen molar-refractivity contribution in [3.05, 3.63) is 41.0 Å². The standard InChI is InChI=1S/C16H18N6OS/c1-10(2)16-15(24-21-19-16)9-22-8-14(18-20-22)12-4-6-13(7-5-12)17-11(3)23/h4-8,10H,9H2,1-3H3,(H,17,23). The summed E-state index contributed by atoms with van der Waals surface area (Å²) in [4.78, 5) is 12.2. The number of anilines is 1. The Morgan fingerprint density at radius 3 is 2.67 bits per heavy atom. The molecule has 7 nitrogen and oxygen atoms in total. The highest BCUT2D eigenvalue weighted by molar-refractivity contribution is 7.05. The van der Waals surface area contributed by atoms with E-state index in [9.17, 15) is 4.79 Å². The fourth-order valence-electron chi connectivity index (χ4n) is 2.35. The summed E-state index contributed by atoms with van der Waals surface area (Å²) in [5.41, 5.74) is 3.50. The summed E-state index contributed by atoms with van der Waals surface area (Å²) >= 11 is 1.40. The molecule has 3 rings (SSSR count). The maximum absolute atomic E-state index is 11.1. The highest BCUT2D eigenvalue weighted by Gasteiger charge is 2.13. The highest BCUT2D eigenvalue weighted by atomic mass is 32.1. The SMILES string of the molecule is CC(=O)Nc1ccc(-c2cn(Cc3snnc3C(C)C)nn2)cc1. The van der Waals surface area contributed by atoms with Crippen LogP contribution in [0.25, 0.3) is 11.3 Å². The second-order valence-electron chi connectivity index (χ2n) is 5.80. The second kappa shape index (κ2) is 6.88. The fraction of sp³-hybridized carbons (Fsp3) is 0.312. The molecule has 124 valence electrons. The summed E-state index contributed by atoms with van der Waals surface area (Å²) in [6, 6.07) is 7.51. The van der Waals surface area contributed by atoms with Gasteiger partial charge in [-0.2, -0.15) is 0 Å². The van der Waals surface area contributed by atoms with Gasteiger partial charge in [-0.15, -0.1) is 10.2 Å². The first-order chi connectivity index (χ1) is 11.5. The smallest absolute Gasteiger partial charge is 0.221 e. The van der Waals surface area contributed by atoms with Gasteiger partial charge in [-0.3, -0.25) is 4.79 Å². The molecule has 1 N–H and O–H groups in total. The minimum Gasteiger partial charge on any atom is -0.326 e. The number of benzene rings is 1. The van der Waals surface area contributed by atoms with Crippen LogP contribution in [0.1, 0.15) is 37.3 Å². The third-order valence-electron chi connectivity index (χ3n) is 3.48. The Balaban J connectivity index is 1.75. The van der Waals surface area contributed by atoms with Crippen molar-refractivity contribution < 1.29 is 4.79 Å². The van der Waals surface area contributed by atoms with Gasteiger partial charge in [0.2, 0.25) is 5.91 Å². The summed E-state index contributed by atoms with van der Waals surface area (Å²) in [5, 5.41) is 15.3. The van der Waals surface area contributed by atoms with Crippen molar-refractivity contribution in [2.75, 3.05) is 5.32 Å². The molecule has 3 aromatic rings. The van der Waals surface area contributed by atoms with Gasteiger partial charge in [-0.25, -0.2) is 4.68 Å². The molecule has 0 saturated heterocycles. The number of aromatic nitrogens is 5. The third-order valence-corrected chi connectivity index (χ3v) is 4.20.